The lowest BCUT2D eigenvalue weighted by molar-refractivity contribution is 0.0192. The number of nitrogens with zero attached hydrogens (tertiary/aromatic N) is 4. The minimum atomic E-state index is 0. The van der Waals surface area contributed by atoms with E-state index in [1.807, 2.05) is 10.9 Å². The van der Waals surface area contributed by atoms with Crippen molar-refractivity contribution in [2.45, 2.75) is 39.2 Å². The van der Waals surface area contributed by atoms with E-state index >= 15 is 0 Å². The van der Waals surface area contributed by atoms with Gasteiger partial charge in [0.1, 0.15) is 0 Å². The summed E-state index contributed by atoms with van der Waals surface area (Å²) in [6.45, 7) is 7.78. The minimum Gasteiger partial charge on any atom is -0.303 e. The average Bonchev–Trinajstić information content (AvgIpc) is 2.99. The molecule has 6 rings (SSSR count). The Kier molecular flexibility index (Phi) is 4.12. The summed E-state index contributed by atoms with van der Waals surface area (Å²) in [7, 11) is 0. The van der Waals surface area contributed by atoms with Gasteiger partial charge in [0.25, 0.3) is 0 Å². The molecule has 2 aromatic heterocycles. The number of Topliss-reactive ketones (excluding diaryl/α,β-unsaturated/α-hetero) is 1. The van der Waals surface area contributed by atoms with Crippen LogP contribution in [0.1, 0.15) is 48.8 Å². The number of aromatic nitrogens is 3. The number of fused-ring (bicyclic) bond motifs is 3. The molecule has 3 saturated heterocycles. The fourth-order valence-corrected chi connectivity index (χ4v) is 5.20. The molecule has 0 aromatic carbocycles. The van der Waals surface area contributed by atoms with Crippen LogP contribution in [0.3, 0.4) is 0 Å². The molecule has 0 radical (unpaired) electrons. The van der Waals surface area contributed by atoms with E-state index in [0.717, 1.165) is 35.1 Å². The Balaban J connectivity index is 0.00000157. The summed E-state index contributed by atoms with van der Waals surface area (Å²) in [5, 5.41) is 5.93. The molecule has 3 fully saturated rings. The van der Waals surface area contributed by atoms with Gasteiger partial charge in [-0.3, -0.25) is 14.5 Å². The molecule has 1 unspecified atom stereocenters. The smallest absolute Gasteiger partial charge is 0.168 e. The maximum absolute atomic E-state index is 13.3. The molecule has 5 nitrogen and oxygen atoms in total. The fourth-order valence-electron chi connectivity index (χ4n) is 5.20. The van der Waals surface area contributed by atoms with Gasteiger partial charge in [0.15, 0.2) is 5.78 Å². The van der Waals surface area contributed by atoms with Gasteiger partial charge in [0, 0.05) is 42.1 Å². The molecule has 2 atom stereocenters. The van der Waals surface area contributed by atoms with Crippen LogP contribution in [-0.2, 0) is 6.42 Å². The molecule has 134 valence electrons. The Morgan fingerprint density at radius 3 is 2.60 bits per heavy atom. The third kappa shape index (κ3) is 2.43. The van der Waals surface area contributed by atoms with Crippen molar-refractivity contribution >= 4 is 29.1 Å². The summed E-state index contributed by atoms with van der Waals surface area (Å²) in [5.74, 6) is 1.61. The lowest BCUT2D eigenvalue weighted by Crippen LogP contribution is -2.51. The summed E-state index contributed by atoms with van der Waals surface area (Å²) in [5.41, 5.74) is 2.93. The summed E-state index contributed by atoms with van der Waals surface area (Å²) in [4.78, 5) is 20.2. The predicted molar refractivity (Wildman–Crippen MR) is 99.3 cm³/mol. The van der Waals surface area contributed by atoms with Gasteiger partial charge in [-0.25, -0.2) is 0 Å². The zero-order chi connectivity index (χ0) is 16.4. The van der Waals surface area contributed by atoms with Crippen molar-refractivity contribution in [2.24, 2.45) is 17.8 Å². The Morgan fingerprint density at radius 1 is 1.20 bits per heavy atom. The molecule has 2 bridgehead atoms. The largest absolute Gasteiger partial charge is 0.303 e. The SMILES string of the molecule is CC(C)n1nc2c3c(cncc31)C(=O)[C@H](C1CN3CCC1CC3)C2.Cl. The molecule has 2 aromatic rings. The second kappa shape index (κ2) is 6.06. The molecular weight excluding hydrogens is 336 g/mol. The van der Waals surface area contributed by atoms with Crippen molar-refractivity contribution in [3.63, 3.8) is 0 Å². The standard InChI is InChI=1S/C19H24N4O.ClH/c1-11(2)23-17-9-20-8-14-18(17)16(21-23)7-13(19(14)24)15-10-22-5-3-12(15)4-6-22;/h8-9,11-13,15H,3-7,10H2,1-2H3;1H/t13-,15?;/m0./s1. The molecule has 1 aliphatic carbocycles. The van der Waals surface area contributed by atoms with Gasteiger partial charge in [0.05, 0.1) is 17.4 Å². The van der Waals surface area contributed by atoms with Crippen LogP contribution in [0.5, 0.6) is 0 Å². The summed E-state index contributed by atoms with van der Waals surface area (Å²) < 4.78 is 2.04. The summed E-state index contributed by atoms with van der Waals surface area (Å²) in [6, 6.07) is 0.279. The number of carbonyl (C=O) groups excluding carboxylic acids is 1. The van der Waals surface area contributed by atoms with Gasteiger partial charge < -0.3 is 4.90 Å². The second-order valence-corrected chi connectivity index (χ2v) is 8.04. The molecule has 6 heteroatoms. The number of hydrogen-bond donors (Lipinski definition) is 0. The number of carbonyl (C=O) groups is 1. The van der Waals surface area contributed by atoms with Gasteiger partial charge in [-0.15, -0.1) is 12.4 Å². The number of piperidine rings is 3. The van der Waals surface area contributed by atoms with Crippen LogP contribution in [0.2, 0.25) is 0 Å². The number of hydrogen-bond acceptors (Lipinski definition) is 4. The van der Waals surface area contributed by atoms with E-state index in [2.05, 4.69) is 23.7 Å². The average molecular weight is 361 g/mol. The van der Waals surface area contributed by atoms with Crippen LogP contribution in [0, 0.1) is 17.8 Å². The maximum Gasteiger partial charge on any atom is 0.168 e. The molecule has 5 heterocycles. The van der Waals surface area contributed by atoms with Crippen molar-refractivity contribution in [3.8, 4) is 0 Å². The molecular formula is C19H25ClN4O. The molecule has 25 heavy (non-hydrogen) atoms. The van der Waals surface area contributed by atoms with Gasteiger partial charge in [-0.2, -0.15) is 5.10 Å². The predicted octanol–water partition coefficient (Wildman–Crippen LogP) is 3.13. The zero-order valence-corrected chi connectivity index (χ0v) is 15.6. The van der Waals surface area contributed by atoms with Crippen LogP contribution in [0.4, 0.5) is 0 Å². The third-order valence-corrected chi connectivity index (χ3v) is 6.42. The van der Waals surface area contributed by atoms with E-state index in [9.17, 15) is 4.79 Å². The summed E-state index contributed by atoms with van der Waals surface area (Å²) in [6.07, 6.45) is 6.95. The van der Waals surface area contributed by atoms with Gasteiger partial charge in [0.2, 0.25) is 0 Å². The zero-order valence-electron chi connectivity index (χ0n) is 14.8. The number of ketones is 1. The number of rotatable bonds is 2. The highest BCUT2D eigenvalue weighted by molar-refractivity contribution is 6.11. The molecule has 0 N–H and O–H groups in total. The van der Waals surface area contributed by atoms with Gasteiger partial charge in [-0.1, -0.05) is 0 Å². The monoisotopic (exact) mass is 360 g/mol. The van der Waals surface area contributed by atoms with E-state index in [1.54, 1.807) is 6.20 Å². The lowest BCUT2D eigenvalue weighted by Gasteiger charge is -2.47. The first-order chi connectivity index (χ1) is 11.6. The molecule has 0 saturated carbocycles. The van der Waals surface area contributed by atoms with Crippen LogP contribution in [-0.4, -0.2) is 45.1 Å². The Morgan fingerprint density at radius 2 is 1.96 bits per heavy atom. The Bertz CT molecular complexity index is 822. The highest BCUT2D eigenvalue weighted by Gasteiger charge is 2.44. The van der Waals surface area contributed by atoms with Crippen molar-refractivity contribution in [2.75, 3.05) is 19.6 Å². The minimum absolute atomic E-state index is 0. The van der Waals surface area contributed by atoms with Gasteiger partial charge in [-0.05, 0) is 51.6 Å². The van der Waals surface area contributed by atoms with Gasteiger partial charge >= 0.3 is 0 Å². The highest BCUT2D eigenvalue weighted by Crippen LogP contribution is 2.42. The van der Waals surface area contributed by atoms with Crippen LogP contribution in [0.25, 0.3) is 10.9 Å². The Labute approximate surface area is 154 Å². The number of halogens is 1. The van der Waals surface area contributed by atoms with Crippen LogP contribution < -0.4 is 0 Å². The van der Waals surface area contributed by atoms with Crippen molar-refractivity contribution < 1.29 is 4.79 Å². The molecule has 0 spiro atoms. The molecule has 4 aliphatic rings. The quantitative estimate of drug-likeness (QED) is 0.825. The highest BCUT2D eigenvalue weighted by atomic mass is 35.5. The van der Waals surface area contributed by atoms with E-state index in [-0.39, 0.29) is 24.4 Å². The fraction of sp³-hybridized carbons (Fsp3) is 0.632. The third-order valence-electron chi connectivity index (χ3n) is 6.42. The summed E-state index contributed by atoms with van der Waals surface area (Å²) >= 11 is 0. The normalized spacial score (nSPS) is 30.8. The van der Waals surface area contributed by atoms with E-state index in [1.165, 1.54) is 25.9 Å². The molecule has 0 amide bonds. The van der Waals surface area contributed by atoms with Crippen molar-refractivity contribution in [3.05, 3.63) is 23.7 Å². The maximum atomic E-state index is 13.3. The van der Waals surface area contributed by atoms with E-state index in [4.69, 9.17) is 5.10 Å². The first-order valence-corrected chi connectivity index (χ1v) is 9.25. The lowest BCUT2D eigenvalue weighted by atomic mass is 9.67. The second-order valence-electron chi connectivity index (χ2n) is 8.04. The van der Waals surface area contributed by atoms with E-state index < -0.39 is 0 Å². The Hall–Kier alpha value is -1.46. The molecule has 3 aliphatic heterocycles. The first kappa shape index (κ1) is 17.0. The topological polar surface area (TPSA) is 51.0 Å². The van der Waals surface area contributed by atoms with Crippen molar-refractivity contribution in [1.29, 1.82) is 0 Å². The van der Waals surface area contributed by atoms with Crippen molar-refractivity contribution in [1.82, 2.24) is 19.7 Å². The number of pyridine rings is 1. The van der Waals surface area contributed by atoms with Crippen LogP contribution >= 0.6 is 12.4 Å². The van der Waals surface area contributed by atoms with Crippen LogP contribution in [0.15, 0.2) is 12.4 Å². The van der Waals surface area contributed by atoms with E-state index in [0.29, 0.717) is 17.6 Å². The first-order valence-electron chi connectivity index (χ1n) is 9.25.